The van der Waals surface area contributed by atoms with Gasteiger partial charge in [0.1, 0.15) is 4.21 Å². The maximum atomic E-state index is 13.4. The molecule has 2 heterocycles. The van der Waals surface area contributed by atoms with E-state index in [0.717, 1.165) is 23.3 Å². The van der Waals surface area contributed by atoms with Gasteiger partial charge in [0.05, 0.1) is 11.5 Å². The molecule has 0 bridgehead atoms. The van der Waals surface area contributed by atoms with E-state index >= 15 is 0 Å². The summed E-state index contributed by atoms with van der Waals surface area (Å²) in [7, 11) is -3.66. The maximum absolute atomic E-state index is 13.4. The van der Waals surface area contributed by atoms with Crippen LogP contribution in [0.5, 0.6) is 0 Å². The number of carbonyl (C=O) groups is 1. The number of thiophene rings is 1. The van der Waals surface area contributed by atoms with Gasteiger partial charge in [0.25, 0.3) is 5.92 Å². The first-order valence-corrected chi connectivity index (χ1v) is 11.5. The Labute approximate surface area is 177 Å². The number of nitrogens with one attached hydrogen (secondary N) is 1. The molecule has 1 aromatic heterocycles. The Balaban J connectivity index is 0.000000589. The van der Waals surface area contributed by atoms with E-state index in [1.54, 1.807) is 11.0 Å². The number of halogens is 2. The third-order valence-electron chi connectivity index (χ3n) is 5.28. The molecule has 2 fully saturated rings. The van der Waals surface area contributed by atoms with Gasteiger partial charge in [-0.25, -0.2) is 26.7 Å². The number of carboxylic acid groups (broad SMARTS) is 2. The lowest BCUT2D eigenvalue weighted by molar-refractivity contribution is 0.0257. The molecule has 2 aromatic rings. The largest absolute Gasteiger partial charge is 0.503 e. The molecule has 2 aliphatic rings. The molecule has 1 aromatic carbocycles. The number of hydrogen-bond acceptors (Lipinski definition) is 5. The van der Waals surface area contributed by atoms with Crippen molar-refractivity contribution in [3.63, 3.8) is 0 Å². The first-order chi connectivity index (χ1) is 13.9. The predicted octanol–water partition coefficient (Wildman–Crippen LogP) is 3.82. The Morgan fingerprint density at radius 2 is 1.83 bits per heavy atom. The van der Waals surface area contributed by atoms with Gasteiger partial charge in [-0.2, -0.15) is 0 Å². The lowest BCUT2D eigenvalue weighted by Crippen LogP contribution is -2.29. The summed E-state index contributed by atoms with van der Waals surface area (Å²) in [6.07, 6.45) is -1.28. The summed E-state index contributed by atoms with van der Waals surface area (Å²) in [6, 6.07) is 12.8. The third kappa shape index (κ3) is 5.08. The van der Waals surface area contributed by atoms with Gasteiger partial charge in [0.15, 0.2) is 0 Å². The minimum atomic E-state index is -3.66. The minimum absolute atomic E-state index is 0.156. The van der Waals surface area contributed by atoms with Crippen molar-refractivity contribution >= 4 is 32.5 Å². The van der Waals surface area contributed by atoms with Crippen molar-refractivity contribution in [2.45, 2.75) is 41.4 Å². The number of hydrogen-bond donors (Lipinski definition) is 3. The standard InChI is InChI=1S/C18H20F2N2O2S2.CH2O3/c1-17(13-5-3-2-4-6-13)11-14(17)21-26(23,24)16-8-7-15(25-16)22-10-9-18(19,20)12-22;2-1(3)4/h2-8,14,21H,9-12H2,1H3;(H2,2,3,4)/t14-,17+;/m0./s1. The summed E-state index contributed by atoms with van der Waals surface area (Å²) in [5.74, 6) is -2.70. The van der Waals surface area contributed by atoms with Crippen LogP contribution in [0.4, 0.5) is 18.6 Å². The number of benzene rings is 1. The van der Waals surface area contributed by atoms with Crippen molar-refractivity contribution in [2.24, 2.45) is 0 Å². The first kappa shape index (κ1) is 22.4. The van der Waals surface area contributed by atoms with Crippen molar-refractivity contribution < 1.29 is 32.2 Å². The molecule has 1 saturated heterocycles. The molecule has 3 N–H and O–H groups in total. The fourth-order valence-electron chi connectivity index (χ4n) is 3.47. The molecule has 0 radical (unpaired) electrons. The molecule has 1 saturated carbocycles. The highest BCUT2D eigenvalue weighted by Gasteiger charge is 2.53. The minimum Gasteiger partial charge on any atom is -0.450 e. The fraction of sp³-hybridized carbons (Fsp3) is 0.421. The number of anilines is 1. The second-order valence-corrected chi connectivity index (χ2v) is 10.6. The topological polar surface area (TPSA) is 107 Å². The summed E-state index contributed by atoms with van der Waals surface area (Å²) < 4.78 is 55.1. The molecule has 7 nitrogen and oxygen atoms in total. The van der Waals surface area contributed by atoms with Crippen LogP contribution in [0, 0.1) is 0 Å². The summed E-state index contributed by atoms with van der Waals surface area (Å²) in [6.45, 7) is 1.94. The highest BCUT2D eigenvalue weighted by Crippen LogP contribution is 2.48. The van der Waals surface area contributed by atoms with Gasteiger partial charge in [-0.05, 0) is 24.1 Å². The highest BCUT2D eigenvalue weighted by atomic mass is 32.2. The molecular formula is C19H22F2N2O5S2. The Kier molecular flexibility index (Phi) is 6.08. The summed E-state index contributed by atoms with van der Waals surface area (Å²) in [4.78, 5) is 10.1. The van der Waals surface area contributed by atoms with E-state index in [1.165, 1.54) is 6.07 Å². The second-order valence-electron chi connectivity index (χ2n) is 7.56. The van der Waals surface area contributed by atoms with E-state index in [2.05, 4.69) is 4.72 Å². The highest BCUT2D eigenvalue weighted by molar-refractivity contribution is 7.91. The van der Waals surface area contributed by atoms with E-state index in [1.807, 2.05) is 37.3 Å². The molecule has 164 valence electrons. The second kappa shape index (κ2) is 8.12. The van der Waals surface area contributed by atoms with Gasteiger partial charge in [0.2, 0.25) is 10.0 Å². The fourth-order valence-corrected chi connectivity index (χ4v) is 6.15. The van der Waals surface area contributed by atoms with Crippen LogP contribution in [0.2, 0.25) is 0 Å². The lowest BCUT2D eigenvalue weighted by Gasteiger charge is -2.15. The van der Waals surface area contributed by atoms with Gasteiger partial charge in [0, 0.05) is 24.4 Å². The van der Waals surface area contributed by atoms with Crippen LogP contribution in [-0.4, -0.2) is 49.8 Å². The van der Waals surface area contributed by atoms with Crippen LogP contribution in [0.1, 0.15) is 25.3 Å². The van der Waals surface area contributed by atoms with Crippen molar-refractivity contribution in [2.75, 3.05) is 18.0 Å². The molecule has 0 unspecified atom stereocenters. The SMILES string of the molecule is C[C@]1(c2ccccc2)C[C@@H]1NS(=O)(=O)c1ccc(N2CCC(F)(F)C2)s1.O=C(O)O. The van der Waals surface area contributed by atoms with Crippen LogP contribution >= 0.6 is 11.3 Å². The number of sulfonamides is 1. The first-order valence-electron chi connectivity index (χ1n) is 9.15. The van der Waals surface area contributed by atoms with E-state index in [9.17, 15) is 17.2 Å². The predicted molar refractivity (Wildman–Crippen MR) is 109 cm³/mol. The molecule has 1 aliphatic carbocycles. The number of alkyl halides is 2. The van der Waals surface area contributed by atoms with E-state index < -0.39 is 22.1 Å². The van der Waals surface area contributed by atoms with Crippen LogP contribution < -0.4 is 9.62 Å². The van der Waals surface area contributed by atoms with Crippen molar-refractivity contribution in [1.29, 1.82) is 0 Å². The molecule has 30 heavy (non-hydrogen) atoms. The van der Waals surface area contributed by atoms with Crippen LogP contribution in [0.15, 0.2) is 46.7 Å². The average molecular weight is 461 g/mol. The third-order valence-corrected chi connectivity index (χ3v) is 8.39. The van der Waals surface area contributed by atoms with Crippen LogP contribution in [-0.2, 0) is 15.4 Å². The van der Waals surface area contributed by atoms with Gasteiger partial charge in [-0.3, -0.25) is 0 Å². The van der Waals surface area contributed by atoms with Crippen LogP contribution in [0.25, 0.3) is 0 Å². The van der Waals surface area contributed by atoms with Crippen LogP contribution in [0.3, 0.4) is 0 Å². The van der Waals surface area contributed by atoms with Gasteiger partial charge in [-0.1, -0.05) is 37.3 Å². The van der Waals surface area contributed by atoms with Crippen molar-refractivity contribution in [3.8, 4) is 0 Å². The monoisotopic (exact) mass is 460 g/mol. The van der Waals surface area contributed by atoms with E-state index in [0.29, 0.717) is 5.00 Å². The quantitative estimate of drug-likeness (QED) is 0.626. The maximum Gasteiger partial charge on any atom is 0.503 e. The normalized spacial score (nSPS) is 24.8. The average Bonchev–Trinajstić information content (AvgIpc) is 3.03. The van der Waals surface area contributed by atoms with E-state index in [-0.39, 0.29) is 35.2 Å². The number of rotatable bonds is 5. The molecule has 11 heteroatoms. The van der Waals surface area contributed by atoms with Gasteiger partial charge >= 0.3 is 6.16 Å². The Morgan fingerprint density at radius 1 is 1.20 bits per heavy atom. The Hall–Kier alpha value is -2.24. The van der Waals surface area contributed by atoms with Gasteiger partial charge < -0.3 is 15.1 Å². The summed E-state index contributed by atoms with van der Waals surface area (Å²) in [5.41, 5.74) is 0.907. The summed E-state index contributed by atoms with van der Waals surface area (Å²) in [5, 5.41) is 14.5. The number of nitrogens with zero attached hydrogens (tertiary/aromatic N) is 1. The molecule has 1 aliphatic heterocycles. The molecule has 4 rings (SSSR count). The molecule has 0 amide bonds. The Morgan fingerprint density at radius 3 is 2.40 bits per heavy atom. The molecule has 2 atom stereocenters. The molecular weight excluding hydrogens is 438 g/mol. The zero-order chi connectivity index (χ0) is 22.2. The summed E-state index contributed by atoms with van der Waals surface area (Å²) >= 11 is 1.05. The molecule has 0 spiro atoms. The lowest BCUT2D eigenvalue weighted by atomic mass is 9.98. The zero-order valence-electron chi connectivity index (χ0n) is 16.1. The zero-order valence-corrected chi connectivity index (χ0v) is 17.7. The van der Waals surface area contributed by atoms with Gasteiger partial charge in [-0.15, -0.1) is 11.3 Å². The smallest absolute Gasteiger partial charge is 0.450 e. The van der Waals surface area contributed by atoms with Crippen molar-refractivity contribution in [1.82, 2.24) is 4.72 Å². The van der Waals surface area contributed by atoms with E-state index in [4.69, 9.17) is 15.0 Å². The Bertz CT molecular complexity index is 1010. The van der Waals surface area contributed by atoms with Crippen molar-refractivity contribution in [3.05, 3.63) is 48.0 Å².